The van der Waals surface area contributed by atoms with E-state index in [0.29, 0.717) is 19.3 Å². The number of aromatic nitrogens is 2. The topological polar surface area (TPSA) is 56.3 Å². The fourth-order valence-electron chi connectivity index (χ4n) is 4.71. The molecule has 0 atom stereocenters. The van der Waals surface area contributed by atoms with Crippen molar-refractivity contribution in [2.75, 3.05) is 12.1 Å². The Labute approximate surface area is 185 Å². The van der Waals surface area contributed by atoms with Crippen molar-refractivity contribution in [1.82, 2.24) is 9.97 Å². The van der Waals surface area contributed by atoms with Gasteiger partial charge in [0.25, 0.3) is 0 Å². The summed E-state index contributed by atoms with van der Waals surface area (Å²) in [5.74, 6) is 4.83. The molecule has 3 heterocycles. The van der Waals surface area contributed by atoms with Gasteiger partial charge < -0.3 is 14.8 Å². The van der Waals surface area contributed by atoms with Crippen LogP contribution >= 0.6 is 11.3 Å². The number of ether oxygens (including phenoxy) is 2. The molecular formula is C25H25N3O2S. The van der Waals surface area contributed by atoms with E-state index >= 15 is 0 Å². The highest BCUT2D eigenvalue weighted by Gasteiger charge is 2.24. The van der Waals surface area contributed by atoms with E-state index in [4.69, 9.17) is 19.4 Å². The van der Waals surface area contributed by atoms with Crippen LogP contribution in [0.25, 0.3) is 20.3 Å². The molecule has 6 rings (SSSR count). The molecule has 1 N–H and O–H groups in total. The molecule has 1 fully saturated rings. The molecule has 0 amide bonds. The van der Waals surface area contributed by atoms with Gasteiger partial charge in [0.2, 0.25) is 6.79 Å². The van der Waals surface area contributed by atoms with Crippen molar-refractivity contribution in [3.63, 3.8) is 0 Å². The highest BCUT2D eigenvalue weighted by molar-refractivity contribution is 7.25. The van der Waals surface area contributed by atoms with Crippen molar-refractivity contribution in [2.24, 2.45) is 5.92 Å². The van der Waals surface area contributed by atoms with E-state index in [2.05, 4.69) is 42.6 Å². The highest BCUT2D eigenvalue weighted by atomic mass is 32.1. The van der Waals surface area contributed by atoms with Crippen LogP contribution in [-0.4, -0.2) is 16.8 Å². The number of benzene rings is 2. The lowest BCUT2D eigenvalue weighted by Crippen LogP contribution is -2.14. The largest absolute Gasteiger partial charge is 0.454 e. The van der Waals surface area contributed by atoms with Gasteiger partial charge >= 0.3 is 0 Å². The van der Waals surface area contributed by atoms with Gasteiger partial charge in [-0.05, 0) is 42.5 Å². The van der Waals surface area contributed by atoms with Gasteiger partial charge in [-0.1, -0.05) is 44.0 Å². The third-order valence-electron chi connectivity index (χ3n) is 6.53. The summed E-state index contributed by atoms with van der Waals surface area (Å²) in [6, 6.07) is 14.6. The SMILES string of the molecule is CC1CCC(c2nc(NCc3ccc4c(c3)OCO4)c3c(n2)sc2ccccc23)CC1. The van der Waals surface area contributed by atoms with Crippen LogP contribution in [0.5, 0.6) is 11.5 Å². The van der Waals surface area contributed by atoms with Crippen molar-refractivity contribution < 1.29 is 9.47 Å². The molecule has 0 unspecified atom stereocenters. The first kappa shape index (κ1) is 18.9. The first-order chi connectivity index (χ1) is 15.2. The minimum atomic E-state index is 0.295. The van der Waals surface area contributed by atoms with E-state index in [1.54, 1.807) is 11.3 Å². The van der Waals surface area contributed by atoms with E-state index in [1.807, 2.05) is 12.1 Å². The molecule has 1 aliphatic heterocycles. The monoisotopic (exact) mass is 431 g/mol. The zero-order valence-electron chi connectivity index (χ0n) is 17.6. The molecule has 0 saturated heterocycles. The summed E-state index contributed by atoms with van der Waals surface area (Å²) >= 11 is 1.76. The van der Waals surface area contributed by atoms with E-state index in [1.165, 1.54) is 35.8 Å². The number of anilines is 1. The van der Waals surface area contributed by atoms with Crippen LogP contribution in [0.2, 0.25) is 0 Å². The minimum Gasteiger partial charge on any atom is -0.454 e. The molecule has 158 valence electrons. The maximum Gasteiger partial charge on any atom is 0.231 e. The average molecular weight is 432 g/mol. The molecule has 4 aromatic rings. The van der Waals surface area contributed by atoms with Gasteiger partial charge in [-0.2, -0.15) is 0 Å². The van der Waals surface area contributed by atoms with Gasteiger partial charge in [0.1, 0.15) is 16.5 Å². The molecule has 1 saturated carbocycles. The molecule has 6 heteroatoms. The van der Waals surface area contributed by atoms with Gasteiger partial charge in [-0.3, -0.25) is 0 Å². The van der Waals surface area contributed by atoms with Crippen LogP contribution < -0.4 is 14.8 Å². The van der Waals surface area contributed by atoms with Crippen LogP contribution in [-0.2, 0) is 6.54 Å². The van der Waals surface area contributed by atoms with E-state index in [9.17, 15) is 0 Å². The predicted molar refractivity (Wildman–Crippen MR) is 125 cm³/mol. The van der Waals surface area contributed by atoms with Crippen molar-refractivity contribution in [3.8, 4) is 11.5 Å². The minimum absolute atomic E-state index is 0.295. The molecule has 0 radical (unpaired) electrons. The Kier molecular flexibility index (Phi) is 4.68. The fourth-order valence-corrected chi connectivity index (χ4v) is 5.79. The van der Waals surface area contributed by atoms with Crippen molar-refractivity contribution in [1.29, 1.82) is 0 Å². The quantitative estimate of drug-likeness (QED) is 0.401. The summed E-state index contributed by atoms with van der Waals surface area (Å²) in [6.07, 6.45) is 4.88. The molecule has 2 aromatic carbocycles. The number of nitrogens with zero attached hydrogens (tertiary/aromatic N) is 2. The molecule has 2 aromatic heterocycles. The predicted octanol–water partition coefficient (Wildman–Crippen LogP) is 6.48. The molecule has 1 aliphatic carbocycles. The lowest BCUT2D eigenvalue weighted by atomic mass is 9.82. The zero-order valence-corrected chi connectivity index (χ0v) is 18.4. The van der Waals surface area contributed by atoms with Crippen LogP contribution in [0.4, 0.5) is 5.82 Å². The Bertz CT molecular complexity index is 1260. The van der Waals surface area contributed by atoms with E-state index in [0.717, 1.165) is 44.8 Å². The van der Waals surface area contributed by atoms with Crippen molar-refractivity contribution >= 4 is 37.5 Å². The van der Waals surface area contributed by atoms with Crippen LogP contribution in [0.15, 0.2) is 42.5 Å². The van der Waals surface area contributed by atoms with Gasteiger partial charge in [0.05, 0.1) is 5.39 Å². The Morgan fingerprint density at radius 2 is 1.84 bits per heavy atom. The first-order valence-electron chi connectivity index (χ1n) is 11.1. The third kappa shape index (κ3) is 3.49. The molecular weight excluding hydrogens is 406 g/mol. The van der Waals surface area contributed by atoms with Crippen LogP contribution in [0, 0.1) is 5.92 Å². The molecule has 31 heavy (non-hydrogen) atoms. The summed E-state index contributed by atoms with van der Waals surface area (Å²) in [4.78, 5) is 11.2. The van der Waals surface area contributed by atoms with Crippen molar-refractivity contribution in [2.45, 2.75) is 45.1 Å². The molecule has 5 nitrogen and oxygen atoms in total. The fraction of sp³-hybridized carbons (Fsp3) is 0.360. The van der Waals surface area contributed by atoms with Gasteiger partial charge in [0, 0.05) is 22.5 Å². The third-order valence-corrected chi connectivity index (χ3v) is 7.60. The second-order valence-corrected chi connectivity index (χ2v) is 9.74. The van der Waals surface area contributed by atoms with Gasteiger partial charge in [-0.15, -0.1) is 11.3 Å². The Hall–Kier alpha value is -2.86. The number of rotatable bonds is 4. The first-order valence-corrected chi connectivity index (χ1v) is 11.9. The Morgan fingerprint density at radius 3 is 2.74 bits per heavy atom. The maximum absolute atomic E-state index is 5.54. The second-order valence-electron chi connectivity index (χ2n) is 8.71. The number of fused-ring (bicyclic) bond motifs is 4. The lowest BCUT2D eigenvalue weighted by Gasteiger charge is -2.25. The van der Waals surface area contributed by atoms with E-state index in [-0.39, 0.29) is 0 Å². The number of nitrogens with one attached hydrogen (secondary N) is 1. The summed E-state index contributed by atoms with van der Waals surface area (Å²) < 4.78 is 12.2. The smallest absolute Gasteiger partial charge is 0.231 e. The van der Waals surface area contributed by atoms with Gasteiger partial charge in [-0.25, -0.2) is 9.97 Å². The molecule has 0 bridgehead atoms. The van der Waals surface area contributed by atoms with E-state index < -0.39 is 0 Å². The normalized spacial score (nSPS) is 20.4. The molecule has 0 spiro atoms. The summed E-state index contributed by atoms with van der Waals surface area (Å²) in [5.41, 5.74) is 1.14. The Morgan fingerprint density at radius 1 is 1.00 bits per heavy atom. The zero-order chi connectivity index (χ0) is 20.8. The maximum atomic E-state index is 5.54. The van der Waals surface area contributed by atoms with Crippen LogP contribution in [0.1, 0.15) is 49.9 Å². The summed E-state index contributed by atoms with van der Waals surface area (Å²) in [6.45, 7) is 3.32. The number of hydrogen-bond donors (Lipinski definition) is 1. The van der Waals surface area contributed by atoms with Crippen LogP contribution in [0.3, 0.4) is 0 Å². The number of hydrogen-bond acceptors (Lipinski definition) is 6. The van der Waals surface area contributed by atoms with Crippen molar-refractivity contribution in [3.05, 3.63) is 53.9 Å². The standard InChI is InChI=1S/C25H25N3O2S/c1-15-6-9-17(10-7-15)23-27-24(22-18-4-2-3-5-21(18)31-25(22)28-23)26-13-16-8-11-19-20(12-16)30-14-29-19/h2-5,8,11-12,15,17H,6-7,9-10,13-14H2,1H3,(H,26,27,28). The summed E-state index contributed by atoms with van der Waals surface area (Å²) in [5, 5.41) is 5.98. The summed E-state index contributed by atoms with van der Waals surface area (Å²) in [7, 11) is 0. The van der Waals surface area contributed by atoms with Gasteiger partial charge in [0.15, 0.2) is 11.5 Å². The second kappa shape index (κ2) is 7.68. The molecule has 2 aliphatic rings. The Balaban J connectivity index is 1.38. The average Bonchev–Trinajstić information content (AvgIpc) is 3.41. The lowest BCUT2D eigenvalue weighted by molar-refractivity contribution is 0.174. The number of thiophene rings is 1. The highest BCUT2D eigenvalue weighted by Crippen LogP contribution is 2.40.